The molecule has 1 aliphatic rings. The number of sulfonamides is 1. The molecule has 0 heterocycles. The number of hydrogen-bond donors (Lipinski definition) is 0. The standard InChI is InChI=1S/C15H24FNO2S/c1-4-13(9-8-12-17(2)20(3,18)19)14-10-6-5-7-11-15(14)16/h6-7,10-11,13H,4-5,8-9,12H2,1-3H3. The third-order valence-electron chi connectivity index (χ3n) is 3.63. The van der Waals surface area contributed by atoms with Gasteiger partial charge in [0.25, 0.3) is 0 Å². The van der Waals surface area contributed by atoms with Crippen molar-refractivity contribution in [3.05, 3.63) is 35.7 Å². The number of halogens is 1. The molecule has 0 N–H and O–H groups in total. The maximum atomic E-state index is 14.0. The molecule has 3 nitrogen and oxygen atoms in total. The van der Waals surface area contributed by atoms with Gasteiger partial charge in [-0.25, -0.2) is 17.1 Å². The highest BCUT2D eigenvalue weighted by Gasteiger charge is 2.16. The summed E-state index contributed by atoms with van der Waals surface area (Å²) in [4.78, 5) is 0. The third kappa shape index (κ3) is 5.21. The van der Waals surface area contributed by atoms with E-state index in [-0.39, 0.29) is 11.7 Å². The first-order chi connectivity index (χ1) is 9.36. The van der Waals surface area contributed by atoms with Gasteiger partial charge in [-0.1, -0.05) is 25.2 Å². The minimum Gasteiger partial charge on any atom is -0.213 e. The van der Waals surface area contributed by atoms with Gasteiger partial charge in [-0.3, -0.25) is 0 Å². The fraction of sp³-hybridized carbons (Fsp3) is 0.600. The molecule has 0 saturated heterocycles. The second kappa shape index (κ2) is 7.74. The van der Waals surface area contributed by atoms with Crippen molar-refractivity contribution in [3.63, 3.8) is 0 Å². The van der Waals surface area contributed by atoms with Crippen LogP contribution in [-0.4, -0.2) is 32.6 Å². The molecule has 1 unspecified atom stereocenters. The quantitative estimate of drug-likeness (QED) is 0.722. The van der Waals surface area contributed by atoms with E-state index in [1.807, 2.05) is 25.2 Å². The molecule has 0 bridgehead atoms. The van der Waals surface area contributed by atoms with Crippen molar-refractivity contribution < 1.29 is 12.8 Å². The zero-order valence-corrected chi connectivity index (χ0v) is 13.3. The SMILES string of the molecule is CCC(CCCN(C)S(C)(=O)=O)C1=C(F)C=CCC=C1. The second-order valence-corrected chi connectivity index (χ2v) is 7.27. The van der Waals surface area contributed by atoms with E-state index in [4.69, 9.17) is 0 Å². The normalized spacial score (nSPS) is 17.6. The van der Waals surface area contributed by atoms with Crippen LogP contribution in [-0.2, 0) is 10.0 Å². The van der Waals surface area contributed by atoms with Crippen LogP contribution in [0, 0.1) is 5.92 Å². The Morgan fingerprint density at radius 3 is 2.60 bits per heavy atom. The molecule has 0 aromatic carbocycles. The molecule has 0 spiro atoms. The van der Waals surface area contributed by atoms with Gasteiger partial charge in [-0.15, -0.1) is 0 Å². The van der Waals surface area contributed by atoms with Crippen molar-refractivity contribution in [3.8, 4) is 0 Å². The molecule has 1 aliphatic carbocycles. The Kier molecular flexibility index (Phi) is 6.62. The Labute approximate surface area is 121 Å². The van der Waals surface area contributed by atoms with Gasteiger partial charge in [0.15, 0.2) is 0 Å². The summed E-state index contributed by atoms with van der Waals surface area (Å²) in [6.07, 6.45) is 11.5. The largest absolute Gasteiger partial charge is 0.213 e. The molecule has 5 heteroatoms. The number of nitrogens with zero attached hydrogens (tertiary/aromatic N) is 1. The molecule has 114 valence electrons. The van der Waals surface area contributed by atoms with Gasteiger partial charge in [-0.05, 0) is 43.3 Å². The zero-order valence-electron chi connectivity index (χ0n) is 12.5. The first kappa shape index (κ1) is 17.1. The van der Waals surface area contributed by atoms with Crippen molar-refractivity contribution in [2.45, 2.75) is 32.6 Å². The lowest BCUT2D eigenvalue weighted by Gasteiger charge is -2.19. The molecule has 1 atom stereocenters. The number of rotatable bonds is 7. The Morgan fingerprint density at radius 1 is 1.35 bits per heavy atom. The molecule has 1 rings (SSSR count). The summed E-state index contributed by atoms with van der Waals surface area (Å²) in [5.41, 5.74) is 0.739. The predicted molar refractivity (Wildman–Crippen MR) is 81.5 cm³/mol. The summed E-state index contributed by atoms with van der Waals surface area (Å²) in [5, 5.41) is 0. The summed E-state index contributed by atoms with van der Waals surface area (Å²) in [5.74, 6) is -0.0240. The van der Waals surface area contributed by atoms with Crippen molar-refractivity contribution in [1.82, 2.24) is 4.31 Å². The first-order valence-electron chi connectivity index (χ1n) is 7.00. The zero-order chi connectivity index (χ0) is 15.2. The van der Waals surface area contributed by atoms with E-state index in [0.717, 1.165) is 31.3 Å². The number of allylic oxidation sites excluding steroid dienone is 6. The van der Waals surface area contributed by atoms with Crippen molar-refractivity contribution in [2.75, 3.05) is 19.8 Å². The van der Waals surface area contributed by atoms with Crippen LogP contribution in [0.2, 0.25) is 0 Å². The van der Waals surface area contributed by atoms with Crippen LogP contribution in [0.1, 0.15) is 32.6 Å². The van der Waals surface area contributed by atoms with Crippen molar-refractivity contribution >= 4 is 10.0 Å². The Hall–Kier alpha value is -0.940. The highest BCUT2D eigenvalue weighted by molar-refractivity contribution is 7.88. The summed E-state index contributed by atoms with van der Waals surface area (Å²) >= 11 is 0. The predicted octanol–water partition coefficient (Wildman–Crippen LogP) is 3.42. The van der Waals surface area contributed by atoms with Crippen LogP contribution < -0.4 is 0 Å². The fourth-order valence-corrected chi connectivity index (χ4v) is 2.72. The molecule has 20 heavy (non-hydrogen) atoms. The Bertz CT molecular complexity index is 506. The molecule has 0 aromatic rings. The van der Waals surface area contributed by atoms with Gasteiger partial charge in [0.2, 0.25) is 10.0 Å². The maximum absolute atomic E-state index is 14.0. The topological polar surface area (TPSA) is 37.4 Å². The van der Waals surface area contributed by atoms with Gasteiger partial charge in [0.05, 0.1) is 6.26 Å². The summed E-state index contributed by atoms with van der Waals surface area (Å²) in [6.45, 7) is 2.51. The molecule has 0 amide bonds. The monoisotopic (exact) mass is 301 g/mol. The van der Waals surface area contributed by atoms with E-state index in [1.54, 1.807) is 7.05 Å². The lowest BCUT2D eigenvalue weighted by molar-refractivity contribution is 0.429. The Morgan fingerprint density at radius 2 is 2.00 bits per heavy atom. The summed E-state index contributed by atoms with van der Waals surface area (Å²) < 4.78 is 37.9. The van der Waals surface area contributed by atoms with E-state index in [9.17, 15) is 12.8 Å². The molecule has 0 aromatic heterocycles. The lowest BCUT2D eigenvalue weighted by atomic mass is 9.90. The van der Waals surface area contributed by atoms with E-state index >= 15 is 0 Å². The lowest BCUT2D eigenvalue weighted by Crippen LogP contribution is -2.26. The highest BCUT2D eigenvalue weighted by Crippen LogP contribution is 2.28. The minimum atomic E-state index is -3.13. The van der Waals surface area contributed by atoms with Gasteiger partial charge < -0.3 is 0 Å². The van der Waals surface area contributed by atoms with Crippen LogP contribution in [0.15, 0.2) is 35.7 Å². The van der Waals surface area contributed by atoms with Crippen LogP contribution in [0.3, 0.4) is 0 Å². The molecule has 0 saturated carbocycles. The van der Waals surface area contributed by atoms with E-state index in [1.165, 1.54) is 16.6 Å². The smallest absolute Gasteiger partial charge is 0.210 e. The van der Waals surface area contributed by atoms with Crippen molar-refractivity contribution in [1.29, 1.82) is 0 Å². The second-order valence-electron chi connectivity index (χ2n) is 5.18. The average Bonchev–Trinajstić information content (AvgIpc) is 2.58. The highest BCUT2D eigenvalue weighted by atomic mass is 32.2. The van der Waals surface area contributed by atoms with Gasteiger partial charge >= 0.3 is 0 Å². The van der Waals surface area contributed by atoms with Gasteiger partial charge in [0.1, 0.15) is 5.83 Å². The fourth-order valence-electron chi connectivity index (χ4n) is 2.26. The maximum Gasteiger partial charge on any atom is 0.210 e. The average molecular weight is 301 g/mol. The van der Waals surface area contributed by atoms with E-state index in [0.29, 0.717) is 6.54 Å². The number of hydrogen-bond acceptors (Lipinski definition) is 2. The molecule has 0 aliphatic heterocycles. The van der Waals surface area contributed by atoms with Gasteiger partial charge in [0, 0.05) is 13.6 Å². The van der Waals surface area contributed by atoms with Crippen molar-refractivity contribution in [2.24, 2.45) is 5.92 Å². The molecular weight excluding hydrogens is 277 g/mol. The van der Waals surface area contributed by atoms with Crippen LogP contribution in [0.5, 0.6) is 0 Å². The molecular formula is C15H24FNO2S. The van der Waals surface area contributed by atoms with E-state index in [2.05, 4.69) is 0 Å². The summed E-state index contributed by atoms with van der Waals surface area (Å²) in [7, 11) is -1.55. The molecule has 0 radical (unpaired) electrons. The Balaban J connectivity index is 2.62. The molecule has 0 fully saturated rings. The summed E-state index contributed by atoms with van der Waals surface area (Å²) in [6, 6.07) is 0. The van der Waals surface area contributed by atoms with E-state index < -0.39 is 10.0 Å². The van der Waals surface area contributed by atoms with Gasteiger partial charge in [-0.2, -0.15) is 0 Å². The van der Waals surface area contributed by atoms with Crippen LogP contribution in [0.4, 0.5) is 4.39 Å². The van der Waals surface area contributed by atoms with Crippen LogP contribution in [0.25, 0.3) is 0 Å². The third-order valence-corrected chi connectivity index (χ3v) is 4.95. The van der Waals surface area contributed by atoms with Crippen LogP contribution >= 0.6 is 0 Å². The minimum absolute atomic E-state index is 0.141. The first-order valence-corrected chi connectivity index (χ1v) is 8.85.